The first-order valence-corrected chi connectivity index (χ1v) is 24.0. The van der Waals surface area contributed by atoms with Gasteiger partial charge >= 0.3 is 18.0 Å². The quantitative estimate of drug-likeness (QED) is 0.0668. The molecule has 25 heteroatoms. The zero-order valence-corrected chi connectivity index (χ0v) is 40.0. The first-order valence-electron chi connectivity index (χ1n) is 24.0. The number of amides is 1. The Bertz CT molecular complexity index is 3330. The second-order valence-corrected chi connectivity index (χ2v) is 18.6. The number of pyridine rings is 2. The van der Waals surface area contributed by atoms with Crippen molar-refractivity contribution in [2.45, 2.75) is 96.6 Å². The number of rotatable bonds is 12. The van der Waals surface area contributed by atoms with Gasteiger partial charge in [0.05, 0.1) is 72.0 Å². The molecule has 1 aliphatic carbocycles. The van der Waals surface area contributed by atoms with Gasteiger partial charge in [-0.05, 0) is 88.4 Å². The maximum Gasteiger partial charge on any atom is 0.415 e. The first-order chi connectivity index (χ1) is 35.4. The van der Waals surface area contributed by atoms with Gasteiger partial charge < -0.3 is 33.4 Å². The number of oxime groups is 1. The maximum absolute atomic E-state index is 14.5. The van der Waals surface area contributed by atoms with Crippen LogP contribution in [0.2, 0.25) is 0 Å². The number of nitro benzene ring substituents is 4. The number of aryl methyl sites for hydroxylation is 1. The lowest BCUT2D eigenvalue weighted by Gasteiger charge is -2.39. The molecule has 1 amide bonds. The van der Waals surface area contributed by atoms with E-state index in [1.807, 2.05) is 6.92 Å². The minimum absolute atomic E-state index is 0.0203. The lowest BCUT2D eigenvalue weighted by atomic mass is 9.85. The molecule has 2 fully saturated rings. The second-order valence-electron chi connectivity index (χ2n) is 18.6. The number of nitrogens with zero attached hydrogens (tertiary/aromatic N) is 9. The molecule has 6 heterocycles. The van der Waals surface area contributed by atoms with Crippen molar-refractivity contribution < 1.29 is 53.1 Å². The molecule has 74 heavy (non-hydrogen) atoms. The van der Waals surface area contributed by atoms with Crippen LogP contribution in [-0.2, 0) is 49.1 Å². The average molecular weight is 1020 g/mol. The summed E-state index contributed by atoms with van der Waals surface area (Å²) in [7, 11) is 0. The molecular formula is C49H45N9O16. The molecule has 25 nitrogen and oxygen atoms in total. The summed E-state index contributed by atoms with van der Waals surface area (Å²) in [4.78, 5) is 115. The van der Waals surface area contributed by atoms with Gasteiger partial charge in [-0.1, -0.05) is 25.4 Å². The van der Waals surface area contributed by atoms with E-state index in [-0.39, 0.29) is 24.1 Å². The van der Waals surface area contributed by atoms with Gasteiger partial charge in [0.15, 0.2) is 0 Å². The molecule has 4 aliphatic heterocycles. The lowest BCUT2D eigenvalue weighted by Crippen LogP contribution is -2.48. The SMILES string of the molecule is CCc1c2c(nc3ccc(OC(=O)N4CCC(N5CCCCC5)CC4)cc13)-c1cc3c(c(=O)n1C2)COC(=O)[C@@]3(CC)OC(=O)[C@@H](C)ON=C1c2cc([N+](=O)[O-])cc([N+](=O)[O-])c2-c2c1cc([N+](=O)[O-])cc2[N+](=O)[O-]. The van der Waals surface area contributed by atoms with Crippen molar-refractivity contribution in [1.82, 2.24) is 19.4 Å². The van der Waals surface area contributed by atoms with Crippen LogP contribution >= 0.6 is 0 Å². The van der Waals surface area contributed by atoms with Crippen LogP contribution in [0.25, 0.3) is 33.4 Å². The molecule has 3 aromatic carbocycles. The van der Waals surface area contributed by atoms with Crippen LogP contribution in [0.5, 0.6) is 5.75 Å². The van der Waals surface area contributed by atoms with Crippen molar-refractivity contribution in [1.29, 1.82) is 0 Å². The van der Waals surface area contributed by atoms with E-state index < -0.39 is 112 Å². The number of carbonyl (C=O) groups is 3. The van der Waals surface area contributed by atoms with Crippen molar-refractivity contribution >= 4 is 57.4 Å². The number of hydrogen-bond donors (Lipinski definition) is 0. The fraction of sp³-hybridized carbons (Fsp3) is 0.388. The third-order valence-corrected chi connectivity index (χ3v) is 14.6. The summed E-state index contributed by atoms with van der Waals surface area (Å²) >= 11 is 0. The van der Waals surface area contributed by atoms with Gasteiger partial charge in [0.1, 0.15) is 18.1 Å². The molecule has 0 radical (unpaired) electrons. The van der Waals surface area contributed by atoms with Gasteiger partial charge in [0.25, 0.3) is 28.3 Å². The topological polar surface area (TPSA) is 314 Å². The van der Waals surface area contributed by atoms with E-state index >= 15 is 0 Å². The monoisotopic (exact) mass is 1020 g/mol. The Balaban J connectivity index is 0.947. The summed E-state index contributed by atoms with van der Waals surface area (Å²) in [6, 6.07) is 9.94. The fourth-order valence-electron chi connectivity index (χ4n) is 10.9. The van der Waals surface area contributed by atoms with Gasteiger partial charge in [-0.3, -0.25) is 45.3 Å². The van der Waals surface area contributed by atoms with Crippen LogP contribution in [0.1, 0.15) is 92.7 Å². The number of esters is 2. The number of ether oxygens (including phenoxy) is 3. The standard InChI is InChI=1S/C49H45N9O16/c1-4-30-31-21-29(72-48(62)53-15-11-26(12-16-53)52-13-7-6-8-14-52)9-10-37(31)50-44-34(30)23-54-40(44)22-36-35(45(54)59)24-71-47(61)49(36,5-2)73-46(60)25(3)74-51-43-32-17-27(55(63)64)19-38(57(67)68)41(32)42-33(43)18-28(56(65)66)20-39(42)58(69)70/h9-10,17-22,25-26H,4-8,11-16,23-24H2,1-3H3/t25-,49+/m1/s1. The molecule has 10 rings (SSSR count). The lowest BCUT2D eigenvalue weighted by molar-refractivity contribution is -0.395. The maximum atomic E-state index is 14.5. The Hall–Kier alpha value is -8.74. The highest BCUT2D eigenvalue weighted by Crippen LogP contribution is 2.50. The normalized spacial score (nSPS) is 18.3. The number of carbonyl (C=O) groups excluding carboxylic acids is 3. The highest BCUT2D eigenvalue weighted by Gasteiger charge is 2.51. The second kappa shape index (κ2) is 18.7. The number of likely N-dealkylation sites (tertiary alicyclic amines) is 2. The minimum atomic E-state index is -2.24. The molecule has 2 aromatic heterocycles. The Morgan fingerprint density at radius 3 is 2.05 bits per heavy atom. The van der Waals surface area contributed by atoms with E-state index in [1.54, 1.807) is 29.2 Å². The predicted molar refractivity (Wildman–Crippen MR) is 259 cm³/mol. The summed E-state index contributed by atoms with van der Waals surface area (Å²) in [5.74, 6) is -1.94. The van der Waals surface area contributed by atoms with E-state index in [0.717, 1.165) is 61.5 Å². The number of hydrogen-bond acceptors (Lipinski definition) is 19. The van der Waals surface area contributed by atoms with Crippen molar-refractivity contribution in [3.8, 4) is 28.3 Å². The van der Waals surface area contributed by atoms with Crippen LogP contribution < -0.4 is 10.3 Å². The number of aromatic nitrogens is 2. The molecule has 2 saturated heterocycles. The van der Waals surface area contributed by atoms with Crippen LogP contribution in [0, 0.1) is 40.5 Å². The van der Waals surface area contributed by atoms with Crippen LogP contribution in [0.15, 0.2) is 58.5 Å². The number of non-ortho nitro benzene ring substituents is 2. The van der Waals surface area contributed by atoms with Crippen molar-refractivity contribution in [2.75, 3.05) is 26.2 Å². The third-order valence-electron chi connectivity index (χ3n) is 14.6. The van der Waals surface area contributed by atoms with Crippen LogP contribution in [0.3, 0.4) is 0 Å². The molecule has 0 bridgehead atoms. The zero-order valence-electron chi connectivity index (χ0n) is 40.0. The molecule has 5 aromatic rings. The van der Waals surface area contributed by atoms with Gasteiger partial charge in [-0.2, -0.15) is 0 Å². The van der Waals surface area contributed by atoms with E-state index in [2.05, 4.69) is 10.1 Å². The Morgan fingerprint density at radius 2 is 1.47 bits per heavy atom. The number of cyclic esters (lactones) is 1. The summed E-state index contributed by atoms with van der Waals surface area (Å²) in [6.07, 6.45) is 3.45. The summed E-state index contributed by atoms with van der Waals surface area (Å²) < 4.78 is 18.9. The van der Waals surface area contributed by atoms with Crippen LogP contribution in [-0.4, -0.2) is 101 Å². The van der Waals surface area contributed by atoms with E-state index in [1.165, 1.54) is 30.8 Å². The minimum Gasteiger partial charge on any atom is -0.457 e. The van der Waals surface area contributed by atoms with Gasteiger partial charge in [0.2, 0.25) is 11.7 Å². The summed E-state index contributed by atoms with van der Waals surface area (Å²) in [6.45, 7) is 7.62. The highest BCUT2D eigenvalue weighted by atomic mass is 16.7. The van der Waals surface area contributed by atoms with E-state index in [9.17, 15) is 59.6 Å². The number of nitro groups is 4. The zero-order chi connectivity index (χ0) is 52.5. The van der Waals surface area contributed by atoms with Crippen molar-refractivity contribution in [3.63, 3.8) is 0 Å². The number of piperidine rings is 2. The van der Waals surface area contributed by atoms with Crippen molar-refractivity contribution in [2.24, 2.45) is 5.16 Å². The van der Waals surface area contributed by atoms with Gasteiger partial charge in [-0.25, -0.2) is 19.4 Å². The van der Waals surface area contributed by atoms with E-state index in [4.69, 9.17) is 24.0 Å². The summed E-state index contributed by atoms with van der Waals surface area (Å²) in [5, 5.41) is 53.0. The smallest absolute Gasteiger partial charge is 0.415 e. The Kier molecular flexibility index (Phi) is 12.4. The molecular weight excluding hydrogens is 971 g/mol. The molecule has 382 valence electrons. The van der Waals surface area contributed by atoms with Gasteiger partial charge in [0, 0.05) is 58.9 Å². The highest BCUT2D eigenvalue weighted by molar-refractivity contribution is 6.27. The van der Waals surface area contributed by atoms with Gasteiger partial charge in [-0.15, -0.1) is 0 Å². The molecule has 2 atom stereocenters. The molecule has 5 aliphatic rings. The summed E-state index contributed by atoms with van der Waals surface area (Å²) in [5.41, 5.74) is -5.93. The molecule has 0 N–H and O–H groups in total. The predicted octanol–water partition coefficient (Wildman–Crippen LogP) is 7.11. The largest absolute Gasteiger partial charge is 0.457 e. The Labute approximate surface area is 417 Å². The molecule has 0 spiro atoms. The first kappa shape index (κ1) is 48.9. The number of fused-ring (bicyclic) bond motifs is 8. The Morgan fingerprint density at radius 1 is 0.838 bits per heavy atom. The molecule has 0 unspecified atom stereocenters. The third kappa shape index (κ3) is 8.08. The number of benzene rings is 3. The van der Waals surface area contributed by atoms with E-state index in [0.29, 0.717) is 60.3 Å². The fourth-order valence-corrected chi connectivity index (χ4v) is 10.9. The molecule has 0 saturated carbocycles. The average Bonchev–Trinajstić information content (AvgIpc) is 3.92. The van der Waals surface area contributed by atoms with Crippen molar-refractivity contribution in [3.05, 3.63) is 133 Å². The van der Waals surface area contributed by atoms with Crippen LogP contribution in [0.4, 0.5) is 27.5 Å².